The van der Waals surface area contributed by atoms with Gasteiger partial charge in [-0.05, 0) is 31.3 Å². The zero-order valence-electron chi connectivity index (χ0n) is 10.3. The lowest BCUT2D eigenvalue weighted by atomic mass is 9.90. The second-order valence-electron chi connectivity index (χ2n) is 4.98. The normalized spacial score (nSPS) is 36.8. The third-order valence-corrected chi connectivity index (χ3v) is 5.85. The van der Waals surface area contributed by atoms with Crippen LogP contribution in [-0.4, -0.2) is 47.8 Å². The first-order chi connectivity index (χ1) is 7.74. The van der Waals surface area contributed by atoms with E-state index in [0.29, 0.717) is 6.04 Å². The summed E-state index contributed by atoms with van der Waals surface area (Å²) in [6.07, 6.45) is 5.86. The quantitative estimate of drug-likeness (QED) is 0.838. The molecule has 1 spiro atoms. The van der Waals surface area contributed by atoms with E-state index in [-0.39, 0.29) is 5.60 Å². The molecule has 94 valence electrons. The highest BCUT2D eigenvalue weighted by molar-refractivity contribution is 7.99. The predicted octanol–water partition coefficient (Wildman–Crippen LogP) is 2.38. The monoisotopic (exact) mass is 261 g/mol. The van der Waals surface area contributed by atoms with Crippen molar-refractivity contribution in [2.45, 2.75) is 43.1 Å². The molecule has 2 heterocycles. The first-order valence-corrected chi connectivity index (χ1v) is 8.66. The molecule has 0 aromatic carbocycles. The minimum absolute atomic E-state index is 0.225. The first kappa shape index (κ1) is 13.1. The van der Waals surface area contributed by atoms with Gasteiger partial charge in [-0.15, -0.1) is 0 Å². The van der Waals surface area contributed by atoms with Crippen molar-refractivity contribution >= 4 is 23.5 Å². The summed E-state index contributed by atoms with van der Waals surface area (Å²) in [7, 11) is 0. The largest absolute Gasteiger partial charge is 0.374 e. The zero-order valence-corrected chi connectivity index (χ0v) is 12.0. The molecule has 3 unspecified atom stereocenters. The molecule has 0 aromatic rings. The van der Waals surface area contributed by atoms with Crippen LogP contribution in [0, 0.1) is 0 Å². The molecule has 16 heavy (non-hydrogen) atoms. The smallest absolute Gasteiger partial charge is 0.0795 e. The van der Waals surface area contributed by atoms with Crippen LogP contribution in [0.5, 0.6) is 0 Å². The summed E-state index contributed by atoms with van der Waals surface area (Å²) in [5.74, 6) is 2.50. The van der Waals surface area contributed by atoms with E-state index in [1.807, 2.05) is 11.8 Å². The van der Waals surface area contributed by atoms with Crippen LogP contribution >= 0.6 is 23.5 Å². The van der Waals surface area contributed by atoms with Gasteiger partial charge in [-0.25, -0.2) is 0 Å². The lowest BCUT2D eigenvalue weighted by Crippen LogP contribution is -2.48. The molecule has 1 N–H and O–H groups in total. The number of rotatable bonds is 4. The van der Waals surface area contributed by atoms with Crippen molar-refractivity contribution in [1.82, 2.24) is 5.32 Å². The van der Waals surface area contributed by atoms with E-state index in [9.17, 15) is 0 Å². The average molecular weight is 261 g/mol. The summed E-state index contributed by atoms with van der Waals surface area (Å²) in [6, 6.07) is 0.682. The SMILES string of the molecule is CSC(C)CNC1CCOC2(CCSC2)C1. The Kier molecular flexibility index (Phi) is 4.89. The summed E-state index contributed by atoms with van der Waals surface area (Å²) < 4.78 is 6.02. The molecule has 0 aromatic heterocycles. The molecule has 2 nitrogen and oxygen atoms in total. The fourth-order valence-corrected chi connectivity index (χ4v) is 4.12. The van der Waals surface area contributed by atoms with E-state index in [1.54, 1.807) is 0 Å². The van der Waals surface area contributed by atoms with Crippen molar-refractivity contribution in [3.8, 4) is 0 Å². The van der Waals surface area contributed by atoms with Crippen LogP contribution in [0.2, 0.25) is 0 Å². The Morgan fingerprint density at radius 2 is 2.50 bits per heavy atom. The Labute approximate surface area is 108 Å². The van der Waals surface area contributed by atoms with Crippen LogP contribution in [0.1, 0.15) is 26.2 Å². The number of thioether (sulfide) groups is 2. The van der Waals surface area contributed by atoms with E-state index in [4.69, 9.17) is 4.74 Å². The van der Waals surface area contributed by atoms with Gasteiger partial charge in [-0.1, -0.05) is 6.92 Å². The van der Waals surface area contributed by atoms with Gasteiger partial charge in [0.2, 0.25) is 0 Å². The minimum Gasteiger partial charge on any atom is -0.374 e. The predicted molar refractivity (Wildman–Crippen MR) is 74.6 cm³/mol. The standard InChI is InChI=1S/C12H23NOS2/c1-10(15-2)8-13-11-3-5-14-12(7-11)4-6-16-9-12/h10-11,13H,3-9H2,1-2H3. The highest BCUT2D eigenvalue weighted by atomic mass is 32.2. The summed E-state index contributed by atoms with van der Waals surface area (Å²) in [5, 5.41) is 4.43. The lowest BCUT2D eigenvalue weighted by Gasteiger charge is -2.38. The van der Waals surface area contributed by atoms with Crippen molar-refractivity contribution < 1.29 is 4.74 Å². The van der Waals surface area contributed by atoms with Crippen LogP contribution in [0.25, 0.3) is 0 Å². The molecule has 0 bridgehead atoms. The van der Waals surface area contributed by atoms with E-state index in [0.717, 1.165) is 18.4 Å². The Hall–Kier alpha value is 0.620. The second kappa shape index (κ2) is 5.98. The van der Waals surface area contributed by atoms with Crippen LogP contribution < -0.4 is 5.32 Å². The van der Waals surface area contributed by atoms with Crippen LogP contribution in [0.15, 0.2) is 0 Å². The first-order valence-electron chi connectivity index (χ1n) is 6.22. The number of hydrogen-bond donors (Lipinski definition) is 1. The van der Waals surface area contributed by atoms with Crippen LogP contribution in [0.3, 0.4) is 0 Å². The van der Waals surface area contributed by atoms with Gasteiger partial charge >= 0.3 is 0 Å². The molecule has 2 aliphatic rings. The highest BCUT2D eigenvalue weighted by Gasteiger charge is 2.40. The fourth-order valence-electron chi connectivity index (χ4n) is 2.48. The van der Waals surface area contributed by atoms with E-state index in [2.05, 4.69) is 30.3 Å². The molecule has 2 aliphatic heterocycles. The maximum atomic E-state index is 6.02. The average Bonchev–Trinajstić information content (AvgIpc) is 2.74. The third kappa shape index (κ3) is 3.31. The Bertz CT molecular complexity index is 219. The van der Waals surface area contributed by atoms with Crippen molar-refractivity contribution in [3.05, 3.63) is 0 Å². The summed E-state index contributed by atoms with van der Waals surface area (Å²) in [5.41, 5.74) is 0.225. The Morgan fingerprint density at radius 1 is 1.62 bits per heavy atom. The van der Waals surface area contributed by atoms with E-state index in [1.165, 1.54) is 30.8 Å². The summed E-state index contributed by atoms with van der Waals surface area (Å²) in [4.78, 5) is 0. The van der Waals surface area contributed by atoms with E-state index < -0.39 is 0 Å². The summed E-state index contributed by atoms with van der Waals surface area (Å²) in [6.45, 7) is 4.37. The van der Waals surface area contributed by atoms with Crippen LogP contribution in [-0.2, 0) is 4.74 Å². The summed E-state index contributed by atoms with van der Waals surface area (Å²) >= 11 is 3.99. The molecule has 2 saturated heterocycles. The van der Waals surface area contributed by atoms with Gasteiger partial charge in [0.15, 0.2) is 0 Å². The number of ether oxygens (including phenoxy) is 1. The molecule has 4 heteroatoms. The van der Waals surface area contributed by atoms with Crippen molar-refractivity contribution in [1.29, 1.82) is 0 Å². The maximum absolute atomic E-state index is 6.02. The van der Waals surface area contributed by atoms with Crippen molar-refractivity contribution in [2.75, 3.05) is 30.9 Å². The van der Waals surface area contributed by atoms with E-state index >= 15 is 0 Å². The number of hydrogen-bond acceptors (Lipinski definition) is 4. The molecule has 2 fully saturated rings. The molecule has 0 radical (unpaired) electrons. The van der Waals surface area contributed by atoms with Gasteiger partial charge in [0.25, 0.3) is 0 Å². The molecule has 3 atom stereocenters. The van der Waals surface area contributed by atoms with Gasteiger partial charge in [-0.3, -0.25) is 0 Å². The van der Waals surface area contributed by atoms with Crippen LogP contribution in [0.4, 0.5) is 0 Å². The van der Waals surface area contributed by atoms with Gasteiger partial charge in [0.05, 0.1) is 5.60 Å². The molecule has 0 amide bonds. The fraction of sp³-hybridized carbons (Fsp3) is 1.00. The Balaban J connectivity index is 1.78. The second-order valence-corrected chi connectivity index (χ2v) is 7.36. The maximum Gasteiger partial charge on any atom is 0.0795 e. The lowest BCUT2D eigenvalue weighted by molar-refractivity contribution is -0.0699. The molecular weight excluding hydrogens is 238 g/mol. The molecule has 0 aliphatic carbocycles. The van der Waals surface area contributed by atoms with Crippen molar-refractivity contribution in [3.63, 3.8) is 0 Å². The van der Waals surface area contributed by atoms with Gasteiger partial charge in [-0.2, -0.15) is 23.5 Å². The topological polar surface area (TPSA) is 21.3 Å². The Morgan fingerprint density at radius 3 is 3.19 bits per heavy atom. The number of nitrogens with one attached hydrogen (secondary N) is 1. The van der Waals surface area contributed by atoms with Gasteiger partial charge in [0, 0.05) is 30.2 Å². The highest BCUT2D eigenvalue weighted by Crippen LogP contribution is 2.38. The van der Waals surface area contributed by atoms with Gasteiger partial charge in [0.1, 0.15) is 0 Å². The zero-order chi connectivity index (χ0) is 11.4. The molecular formula is C12H23NOS2. The van der Waals surface area contributed by atoms with Gasteiger partial charge < -0.3 is 10.1 Å². The minimum atomic E-state index is 0.225. The van der Waals surface area contributed by atoms with Crippen molar-refractivity contribution in [2.24, 2.45) is 0 Å². The molecule has 0 saturated carbocycles. The third-order valence-electron chi connectivity index (χ3n) is 3.66. The molecule has 2 rings (SSSR count).